The number of methoxy groups -OCH3 is 1. The van der Waals surface area contributed by atoms with E-state index >= 15 is 0 Å². The minimum atomic E-state index is 0.0951. The molecule has 0 aliphatic heterocycles. The first-order valence-electron chi connectivity index (χ1n) is 6.21. The molecule has 0 aromatic carbocycles. The second-order valence-corrected chi connectivity index (χ2v) is 4.27. The van der Waals surface area contributed by atoms with Crippen LogP contribution in [0.5, 0.6) is 6.01 Å². The minimum absolute atomic E-state index is 0.0951. The van der Waals surface area contributed by atoms with Gasteiger partial charge in [0.05, 0.1) is 19.8 Å². The van der Waals surface area contributed by atoms with E-state index in [9.17, 15) is 0 Å². The molecule has 1 atom stereocenters. The summed E-state index contributed by atoms with van der Waals surface area (Å²) in [5.74, 6) is 6.31. The summed E-state index contributed by atoms with van der Waals surface area (Å²) in [6.07, 6.45) is 0. The zero-order chi connectivity index (χ0) is 14.3. The first kappa shape index (κ1) is 15.4. The summed E-state index contributed by atoms with van der Waals surface area (Å²) in [5, 5.41) is 3.20. The summed E-state index contributed by atoms with van der Waals surface area (Å²) in [4.78, 5) is 12.2. The molecule has 108 valence electrons. The van der Waals surface area contributed by atoms with E-state index in [0.717, 1.165) is 0 Å². The van der Waals surface area contributed by atoms with E-state index in [1.165, 1.54) is 7.11 Å². The molecule has 1 rings (SSSR count). The lowest BCUT2D eigenvalue weighted by molar-refractivity contribution is 0.126. The molecule has 0 amide bonds. The normalized spacial score (nSPS) is 12.3. The highest BCUT2D eigenvalue weighted by molar-refractivity contribution is 5.35. The van der Waals surface area contributed by atoms with Crippen molar-refractivity contribution in [2.45, 2.75) is 26.8 Å². The summed E-state index contributed by atoms with van der Waals surface area (Å²) < 4.78 is 10.4. The summed E-state index contributed by atoms with van der Waals surface area (Å²) in [6.45, 7) is 7.39. The number of hydrazine groups is 1. The summed E-state index contributed by atoms with van der Waals surface area (Å²) in [6, 6.07) is 0.294. The third kappa shape index (κ3) is 4.84. The van der Waals surface area contributed by atoms with Crippen LogP contribution < -0.4 is 21.3 Å². The molecule has 0 saturated heterocycles. The van der Waals surface area contributed by atoms with Gasteiger partial charge in [0, 0.05) is 6.61 Å². The van der Waals surface area contributed by atoms with Gasteiger partial charge in [0.2, 0.25) is 11.9 Å². The first-order valence-corrected chi connectivity index (χ1v) is 6.21. The SMILES string of the molecule is CCOCC(Nc1nc(NN)nc(OC)n1)C(C)C. The van der Waals surface area contributed by atoms with E-state index in [1.54, 1.807) is 0 Å². The van der Waals surface area contributed by atoms with Crippen molar-refractivity contribution in [2.75, 3.05) is 31.1 Å². The Morgan fingerprint density at radius 2 is 1.89 bits per heavy atom. The fourth-order valence-electron chi connectivity index (χ4n) is 1.39. The molecular formula is C11H22N6O2. The molecule has 0 bridgehead atoms. The van der Waals surface area contributed by atoms with Crippen molar-refractivity contribution >= 4 is 11.9 Å². The maximum absolute atomic E-state index is 5.44. The van der Waals surface area contributed by atoms with E-state index in [-0.39, 0.29) is 18.0 Å². The molecule has 1 aromatic rings. The molecule has 4 N–H and O–H groups in total. The van der Waals surface area contributed by atoms with Gasteiger partial charge in [-0.25, -0.2) is 5.84 Å². The van der Waals surface area contributed by atoms with E-state index in [0.29, 0.717) is 25.1 Å². The number of nitrogens with two attached hydrogens (primary N) is 1. The molecule has 0 saturated carbocycles. The molecule has 1 aromatic heterocycles. The molecule has 0 aliphatic rings. The predicted molar refractivity (Wildman–Crippen MR) is 72.9 cm³/mol. The Labute approximate surface area is 113 Å². The third-order valence-corrected chi connectivity index (χ3v) is 2.55. The van der Waals surface area contributed by atoms with Crippen LogP contribution in [0.3, 0.4) is 0 Å². The quantitative estimate of drug-likeness (QED) is 0.466. The Morgan fingerprint density at radius 1 is 1.21 bits per heavy atom. The molecule has 8 nitrogen and oxygen atoms in total. The predicted octanol–water partition coefficient (Wildman–Crippen LogP) is 0.639. The average molecular weight is 270 g/mol. The molecule has 1 heterocycles. The van der Waals surface area contributed by atoms with Gasteiger partial charge < -0.3 is 14.8 Å². The van der Waals surface area contributed by atoms with Crippen LogP contribution in [-0.2, 0) is 4.74 Å². The summed E-state index contributed by atoms with van der Waals surface area (Å²) >= 11 is 0. The van der Waals surface area contributed by atoms with Crippen LogP contribution in [-0.4, -0.2) is 41.3 Å². The largest absolute Gasteiger partial charge is 0.467 e. The second-order valence-electron chi connectivity index (χ2n) is 4.27. The Balaban J connectivity index is 2.82. The molecule has 1 unspecified atom stereocenters. The lowest BCUT2D eigenvalue weighted by Crippen LogP contribution is -2.32. The molecule has 0 radical (unpaired) electrons. The third-order valence-electron chi connectivity index (χ3n) is 2.55. The van der Waals surface area contributed by atoms with Gasteiger partial charge in [0.25, 0.3) is 0 Å². The van der Waals surface area contributed by atoms with Gasteiger partial charge in [-0.1, -0.05) is 13.8 Å². The Morgan fingerprint density at radius 3 is 2.42 bits per heavy atom. The van der Waals surface area contributed by atoms with E-state index < -0.39 is 0 Å². The standard InChI is InChI=1S/C11H22N6O2/c1-5-19-6-8(7(2)3)13-9-14-10(17-12)16-11(15-9)18-4/h7-8H,5-6,12H2,1-4H3,(H2,13,14,15,16,17). The molecule has 8 heteroatoms. The van der Waals surface area contributed by atoms with Gasteiger partial charge in [0.15, 0.2) is 0 Å². The topological polar surface area (TPSA) is 107 Å². The van der Waals surface area contributed by atoms with Gasteiger partial charge in [-0.15, -0.1) is 0 Å². The second kappa shape index (κ2) is 7.70. The van der Waals surface area contributed by atoms with Gasteiger partial charge in [-0.05, 0) is 12.8 Å². The van der Waals surface area contributed by atoms with Gasteiger partial charge in [-0.3, -0.25) is 5.43 Å². The van der Waals surface area contributed by atoms with Crippen molar-refractivity contribution in [3.8, 4) is 6.01 Å². The molecular weight excluding hydrogens is 248 g/mol. The number of aromatic nitrogens is 3. The van der Waals surface area contributed by atoms with Crippen LogP contribution >= 0.6 is 0 Å². The van der Waals surface area contributed by atoms with Crippen LogP contribution in [0.1, 0.15) is 20.8 Å². The number of nitrogen functional groups attached to an aromatic ring is 1. The molecule has 0 spiro atoms. The number of nitrogens with one attached hydrogen (secondary N) is 2. The van der Waals surface area contributed by atoms with E-state index in [2.05, 4.69) is 39.5 Å². The van der Waals surface area contributed by atoms with Crippen molar-refractivity contribution in [3.63, 3.8) is 0 Å². The van der Waals surface area contributed by atoms with Gasteiger partial charge >= 0.3 is 6.01 Å². The highest BCUT2D eigenvalue weighted by Gasteiger charge is 2.16. The maximum Gasteiger partial charge on any atom is 0.322 e. The van der Waals surface area contributed by atoms with Crippen molar-refractivity contribution in [2.24, 2.45) is 11.8 Å². The fraction of sp³-hybridized carbons (Fsp3) is 0.727. The van der Waals surface area contributed by atoms with E-state index in [4.69, 9.17) is 15.3 Å². The number of rotatable bonds is 8. The zero-order valence-electron chi connectivity index (χ0n) is 11.8. The van der Waals surface area contributed by atoms with Crippen LogP contribution in [0.25, 0.3) is 0 Å². The smallest absolute Gasteiger partial charge is 0.322 e. The van der Waals surface area contributed by atoms with Crippen LogP contribution in [0, 0.1) is 5.92 Å². The lowest BCUT2D eigenvalue weighted by atomic mass is 10.1. The summed E-state index contributed by atoms with van der Waals surface area (Å²) in [7, 11) is 1.49. The lowest BCUT2D eigenvalue weighted by Gasteiger charge is -2.22. The number of hydrogen-bond donors (Lipinski definition) is 3. The molecule has 0 aliphatic carbocycles. The maximum atomic E-state index is 5.44. The molecule has 0 fully saturated rings. The number of anilines is 2. The highest BCUT2D eigenvalue weighted by Crippen LogP contribution is 2.13. The number of nitrogens with zero attached hydrogens (tertiary/aromatic N) is 3. The van der Waals surface area contributed by atoms with Crippen LogP contribution in [0.2, 0.25) is 0 Å². The van der Waals surface area contributed by atoms with Crippen molar-refractivity contribution < 1.29 is 9.47 Å². The van der Waals surface area contributed by atoms with Crippen LogP contribution in [0.4, 0.5) is 11.9 Å². The van der Waals surface area contributed by atoms with Crippen molar-refractivity contribution in [3.05, 3.63) is 0 Å². The van der Waals surface area contributed by atoms with E-state index in [1.807, 2.05) is 6.92 Å². The Bertz CT molecular complexity index is 365. The minimum Gasteiger partial charge on any atom is -0.467 e. The van der Waals surface area contributed by atoms with Crippen LogP contribution in [0.15, 0.2) is 0 Å². The van der Waals surface area contributed by atoms with Gasteiger partial charge in [0.1, 0.15) is 0 Å². The fourth-order valence-corrected chi connectivity index (χ4v) is 1.39. The number of hydrogen-bond acceptors (Lipinski definition) is 8. The zero-order valence-corrected chi connectivity index (χ0v) is 11.8. The summed E-state index contributed by atoms with van der Waals surface area (Å²) in [5.41, 5.74) is 2.37. The van der Waals surface area contributed by atoms with Crippen molar-refractivity contribution in [1.82, 2.24) is 15.0 Å². The number of ether oxygens (including phenoxy) is 2. The Hall–Kier alpha value is -1.67. The Kier molecular flexibility index (Phi) is 6.23. The highest BCUT2D eigenvalue weighted by atomic mass is 16.5. The van der Waals surface area contributed by atoms with Crippen molar-refractivity contribution in [1.29, 1.82) is 0 Å². The monoisotopic (exact) mass is 270 g/mol. The molecule has 19 heavy (non-hydrogen) atoms. The average Bonchev–Trinajstić information content (AvgIpc) is 2.42. The van der Waals surface area contributed by atoms with Gasteiger partial charge in [-0.2, -0.15) is 15.0 Å². The first-order chi connectivity index (χ1) is 9.10.